The van der Waals surface area contributed by atoms with Crippen molar-refractivity contribution in [1.82, 2.24) is 4.57 Å². The largest absolute Gasteiger partial charge is 0.399 e. The van der Waals surface area contributed by atoms with Crippen molar-refractivity contribution in [3.8, 4) is 0 Å². The number of fused-ring (bicyclic) bond motifs is 1. The Morgan fingerprint density at radius 3 is 3.09 bits per heavy atom. The summed E-state index contributed by atoms with van der Waals surface area (Å²) in [7, 11) is 1.97. The monoisotopic (exact) mass is 145 g/mol. The van der Waals surface area contributed by atoms with Crippen molar-refractivity contribution in [1.29, 1.82) is 0 Å². The molecule has 1 heterocycles. The van der Waals surface area contributed by atoms with E-state index in [1.807, 2.05) is 35.9 Å². The lowest BCUT2D eigenvalue weighted by atomic mass is 10.2. The highest BCUT2D eigenvalue weighted by Gasteiger charge is 1.96. The van der Waals surface area contributed by atoms with Crippen LogP contribution < -0.4 is 5.73 Å². The standard InChI is InChI=1S/C9H9N2/c1-11-5-4-7-6-8(10)2-3-9(7)11/h2-4,6H,10H2,1H3. The van der Waals surface area contributed by atoms with Gasteiger partial charge in [-0.1, -0.05) is 0 Å². The zero-order valence-electron chi connectivity index (χ0n) is 6.33. The summed E-state index contributed by atoms with van der Waals surface area (Å²) in [6.07, 6.45) is 3.06. The summed E-state index contributed by atoms with van der Waals surface area (Å²) >= 11 is 0. The van der Waals surface area contributed by atoms with Gasteiger partial charge in [0.2, 0.25) is 0 Å². The number of hydrogen-bond donors (Lipinski definition) is 1. The zero-order valence-corrected chi connectivity index (χ0v) is 6.33. The third-order valence-corrected chi connectivity index (χ3v) is 1.83. The topological polar surface area (TPSA) is 30.9 Å². The van der Waals surface area contributed by atoms with Gasteiger partial charge in [-0.15, -0.1) is 0 Å². The number of anilines is 1. The molecule has 2 rings (SSSR count). The van der Waals surface area contributed by atoms with Gasteiger partial charge >= 0.3 is 0 Å². The maximum Gasteiger partial charge on any atom is 0.0656 e. The van der Waals surface area contributed by atoms with Crippen LogP contribution in [0, 0.1) is 6.20 Å². The molecule has 0 unspecified atom stereocenters. The van der Waals surface area contributed by atoms with Crippen LogP contribution in [-0.2, 0) is 7.05 Å². The molecule has 0 fully saturated rings. The van der Waals surface area contributed by atoms with Gasteiger partial charge in [0.05, 0.1) is 6.20 Å². The van der Waals surface area contributed by atoms with Gasteiger partial charge in [0.25, 0.3) is 0 Å². The molecular formula is C9H9N2. The molecule has 0 amide bonds. The minimum Gasteiger partial charge on any atom is -0.399 e. The Kier molecular flexibility index (Phi) is 1.15. The number of rotatable bonds is 0. The molecule has 0 aliphatic heterocycles. The van der Waals surface area contributed by atoms with E-state index in [4.69, 9.17) is 5.73 Å². The molecule has 2 heteroatoms. The fourth-order valence-corrected chi connectivity index (χ4v) is 1.23. The van der Waals surface area contributed by atoms with Crippen molar-refractivity contribution in [2.24, 2.45) is 7.05 Å². The van der Waals surface area contributed by atoms with E-state index >= 15 is 0 Å². The molecule has 0 aliphatic carbocycles. The van der Waals surface area contributed by atoms with Crippen LogP contribution in [0.15, 0.2) is 24.3 Å². The number of hydrogen-bond acceptors (Lipinski definition) is 1. The number of nitrogens with zero attached hydrogens (tertiary/aromatic N) is 1. The summed E-state index contributed by atoms with van der Waals surface area (Å²) in [6, 6.07) is 7.79. The number of nitrogens with two attached hydrogens (primary N) is 1. The number of aryl methyl sites for hydroxylation is 1. The number of nitrogen functional groups attached to an aromatic ring is 1. The first-order valence-corrected chi connectivity index (χ1v) is 3.50. The lowest BCUT2D eigenvalue weighted by Crippen LogP contribution is -1.86. The Labute approximate surface area is 65.2 Å². The average molecular weight is 145 g/mol. The molecule has 1 aromatic heterocycles. The lowest BCUT2D eigenvalue weighted by molar-refractivity contribution is 0.960. The van der Waals surface area contributed by atoms with E-state index < -0.39 is 0 Å². The summed E-state index contributed by atoms with van der Waals surface area (Å²) in [5.74, 6) is 0. The van der Waals surface area contributed by atoms with Gasteiger partial charge in [-0.2, -0.15) is 0 Å². The highest BCUT2D eigenvalue weighted by atomic mass is 14.9. The van der Waals surface area contributed by atoms with Gasteiger partial charge in [-0.05, 0) is 24.3 Å². The SMILES string of the molecule is Cn1[c]cc2cc(N)ccc21. The predicted octanol–water partition coefficient (Wildman–Crippen LogP) is 1.56. The van der Waals surface area contributed by atoms with Crippen molar-refractivity contribution >= 4 is 16.6 Å². The van der Waals surface area contributed by atoms with Crippen LogP contribution in [0.1, 0.15) is 0 Å². The molecule has 2 aromatic rings. The van der Waals surface area contributed by atoms with Crippen molar-refractivity contribution in [3.63, 3.8) is 0 Å². The first kappa shape index (κ1) is 6.28. The second-order valence-electron chi connectivity index (χ2n) is 2.65. The van der Waals surface area contributed by atoms with E-state index in [9.17, 15) is 0 Å². The summed E-state index contributed by atoms with van der Waals surface area (Å²) in [5, 5.41) is 1.15. The second kappa shape index (κ2) is 2.02. The summed E-state index contributed by atoms with van der Waals surface area (Å²) in [4.78, 5) is 0. The third-order valence-electron chi connectivity index (χ3n) is 1.83. The first-order valence-electron chi connectivity index (χ1n) is 3.50. The van der Waals surface area contributed by atoms with Gasteiger partial charge in [-0.3, -0.25) is 0 Å². The highest BCUT2D eigenvalue weighted by Crippen LogP contribution is 2.16. The molecule has 1 aromatic carbocycles. The summed E-state index contributed by atoms with van der Waals surface area (Å²) < 4.78 is 1.95. The summed E-state index contributed by atoms with van der Waals surface area (Å²) in [6.45, 7) is 0. The maximum atomic E-state index is 5.61. The molecule has 11 heavy (non-hydrogen) atoms. The van der Waals surface area contributed by atoms with Crippen molar-refractivity contribution < 1.29 is 0 Å². The van der Waals surface area contributed by atoms with Crippen molar-refractivity contribution in [2.45, 2.75) is 0 Å². The van der Waals surface area contributed by atoms with E-state index in [-0.39, 0.29) is 0 Å². The molecule has 0 atom stereocenters. The van der Waals surface area contributed by atoms with Gasteiger partial charge < -0.3 is 10.3 Å². The molecule has 2 N–H and O–H groups in total. The highest BCUT2D eigenvalue weighted by molar-refractivity contribution is 5.82. The Hall–Kier alpha value is -1.44. The Bertz CT molecular complexity index is 387. The third kappa shape index (κ3) is 0.871. The Morgan fingerprint density at radius 2 is 2.27 bits per heavy atom. The number of aromatic nitrogens is 1. The molecule has 1 radical (unpaired) electrons. The molecule has 0 spiro atoms. The van der Waals surface area contributed by atoms with Crippen LogP contribution in [0.25, 0.3) is 10.9 Å². The van der Waals surface area contributed by atoms with Crippen LogP contribution in [0.2, 0.25) is 0 Å². The number of benzene rings is 1. The Balaban J connectivity index is 2.86. The molecular weight excluding hydrogens is 136 g/mol. The minimum absolute atomic E-state index is 0.803. The van der Waals surface area contributed by atoms with Crippen molar-refractivity contribution in [3.05, 3.63) is 30.5 Å². The van der Waals surface area contributed by atoms with E-state index in [1.54, 1.807) is 0 Å². The fraction of sp³-hybridized carbons (Fsp3) is 0.111. The molecule has 0 bridgehead atoms. The van der Waals surface area contributed by atoms with Gasteiger partial charge in [-0.25, -0.2) is 0 Å². The minimum atomic E-state index is 0.803. The maximum absolute atomic E-state index is 5.61. The van der Waals surface area contributed by atoms with Crippen LogP contribution in [0.4, 0.5) is 5.69 Å². The van der Waals surface area contributed by atoms with Crippen LogP contribution in [0.3, 0.4) is 0 Å². The smallest absolute Gasteiger partial charge is 0.0656 e. The van der Waals surface area contributed by atoms with E-state index in [2.05, 4.69) is 6.20 Å². The van der Waals surface area contributed by atoms with Crippen LogP contribution in [-0.4, -0.2) is 4.57 Å². The molecule has 2 nitrogen and oxygen atoms in total. The molecule has 0 aliphatic rings. The lowest BCUT2D eigenvalue weighted by Gasteiger charge is -1.95. The van der Waals surface area contributed by atoms with Gasteiger partial charge in [0.15, 0.2) is 0 Å². The van der Waals surface area contributed by atoms with Crippen LogP contribution in [0.5, 0.6) is 0 Å². The van der Waals surface area contributed by atoms with Gasteiger partial charge in [0.1, 0.15) is 0 Å². The van der Waals surface area contributed by atoms with Gasteiger partial charge in [0, 0.05) is 23.6 Å². The van der Waals surface area contributed by atoms with Crippen LogP contribution >= 0.6 is 0 Å². The first-order chi connectivity index (χ1) is 5.27. The second-order valence-corrected chi connectivity index (χ2v) is 2.65. The molecule has 0 saturated carbocycles. The van der Waals surface area contributed by atoms with E-state index in [0.717, 1.165) is 11.1 Å². The normalized spacial score (nSPS) is 10.6. The average Bonchev–Trinajstić information content (AvgIpc) is 2.32. The summed E-state index contributed by atoms with van der Waals surface area (Å²) in [5.41, 5.74) is 7.58. The quantitative estimate of drug-likeness (QED) is 0.560. The predicted molar refractivity (Wildman–Crippen MR) is 46.2 cm³/mol. The van der Waals surface area contributed by atoms with E-state index in [1.165, 1.54) is 5.52 Å². The van der Waals surface area contributed by atoms with Crippen molar-refractivity contribution in [2.75, 3.05) is 5.73 Å². The molecule has 0 saturated heterocycles. The molecule has 55 valence electrons. The van der Waals surface area contributed by atoms with E-state index in [0.29, 0.717) is 0 Å². The Morgan fingerprint density at radius 1 is 1.45 bits per heavy atom. The zero-order chi connectivity index (χ0) is 7.84. The fourth-order valence-electron chi connectivity index (χ4n) is 1.23.